The molecule has 92 valence electrons. The average molecular weight is 233 g/mol. The SMILES string of the molecule is Cc1ccc(C)c(NC(=O)C2CCCOC2)c1. The highest BCUT2D eigenvalue weighted by molar-refractivity contribution is 5.93. The lowest BCUT2D eigenvalue weighted by Gasteiger charge is -2.21. The molecule has 1 amide bonds. The van der Waals surface area contributed by atoms with Gasteiger partial charge in [-0.15, -0.1) is 0 Å². The Balaban J connectivity index is 2.04. The molecule has 17 heavy (non-hydrogen) atoms. The van der Waals surface area contributed by atoms with E-state index in [4.69, 9.17) is 4.74 Å². The molecule has 0 radical (unpaired) electrons. The largest absolute Gasteiger partial charge is 0.381 e. The number of aryl methyl sites for hydroxylation is 2. The van der Waals surface area contributed by atoms with Gasteiger partial charge in [0.2, 0.25) is 5.91 Å². The minimum absolute atomic E-state index is 0.00339. The van der Waals surface area contributed by atoms with Crippen molar-refractivity contribution in [2.24, 2.45) is 5.92 Å². The maximum atomic E-state index is 12.0. The summed E-state index contributed by atoms with van der Waals surface area (Å²) < 4.78 is 5.33. The third-order valence-electron chi connectivity index (χ3n) is 3.18. The van der Waals surface area contributed by atoms with Crippen LogP contribution in [0.5, 0.6) is 0 Å². The molecule has 1 N–H and O–H groups in total. The monoisotopic (exact) mass is 233 g/mol. The highest BCUT2D eigenvalue weighted by Gasteiger charge is 2.22. The van der Waals surface area contributed by atoms with Gasteiger partial charge in [-0.25, -0.2) is 0 Å². The van der Waals surface area contributed by atoms with Crippen LogP contribution in [0.3, 0.4) is 0 Å². The van der Waals surface area contributed by atoms with Crippen LogP contribution in [0.15, 0.2) is 18.2 Å². The molecule has 1 aliphatic rings. The minimum atomic E-state index is 0.00339. The zero-order chi connectivity index (χ0) is 12.3. The standard InChI is InChI=1S/C14H19NO2/c1-10-5-6-11(2)13(8-10)15-14(16)12-4-3-7-17-9-12/h5-6,8,12H,3-4,7,9H2,1-2H3,(H,15,16). The van der Waals surface area contributed by atoms with Crippen molar-refractivity contribution < 1.29 is 9.53 Å². The van der Waals surface area contributed by atoms with Crippen molar-refractivity contribution in [2.45, 2.75) is 26.7 Å². The van der Waals surface area contributed by atoms with E-state index in [9.17, 15) is 4.79 Å². The van der Waals surface area contributed by atoms with Gasteiger partial charge in [0.05, 0.1) is 12.5 Å². The molecule has 0 spiro atoms. The van der Waals surface area contributed by atoms with Crippen LogP contribution < -0.4 is 5.32 Å². The van der Waals surface area contributed by atoms with E-state index >= 15 is 0 Å². The van der Waals surface area contributed by atoms with Gasteiger partial charge in [0, 0.05) is 12.3 Å². The van der Waals surface area contributed by atoms with E-state index in [0.29, 0.717) is 6.61 Å². The number of anilines is 1. The van der Waals surface area contributed by atoms with Crippen LogP contribution in [0.1, 0.15) is 24.0 Å². The van der Waals surface area contributed by atoms with Crippen LogP contribution in [0.4, 0.5) is 5.69 Å². The van der Waals surface area contributed by atoms with E-state index in [2.05, 4.69) is 11.4 Å². The minimum Gasteiger partial charge on any atom is -0.381 e. The summed E-state index contributed by atoms with van der Waals surface area (Å²) in [6.07, 6.45) is 1.90. The molecule has 1 aromatic rings. The van der Waals surface area contributed by atoms with Crippen molar-refractivity contribution in [1.29, 1.82) is 0 Å². The van der Waals surface area contributed by atoms with Crippen LogP contribution >= 0.6 is 0 Å². The fourth-order valence-electron chi connectivity index (χ4n) is 2.05. The summed E-state index contributed by atoms with van der Waals surface area (Å²) in [5.41, 5.74) is 3.17. The molecule has 0 saturated carbocycles. The molecule has 0 aromatic heterocycles. The number of carbonyl (C=O) groups excluding carboxylic acids is 1. The van der Waals surface area contributed by atoms with Gasteiger partial charge >= 0.3 is 0 Å². The number of carbonyl (C=O) groups is 1. The first-order chi connectivity index (χ1) is 8.16. The normalized spacial score (nSPS) is 20.0. The first-order valence-corrected chi connectivity index (χ1v) is 6.12. The van der Waals surface area contributed by atoms with Crippen LogP contribution in [0, 0.1) is 19.8 Å². The number of hydrogen-bond acceptors (Lipinski definition) is 2. The molecule has 1 unspecified atom stereocenters. The maximum absolute atomic E-state index is 12.0. The number of ether oxygens (including phenoxy) is 1. The third-order valence-corrected chi connectivity index (χ3v) is 3.18. The van der Waals surface area contributed by atoms with Gasteiger partial charge in [-0.2, -0.15) is 0 Å². The van der Waals surface area contributed by atoms with Crippen LogP contribution in [0.2, 0.25) is 0 Å². The summed E-state index contributed by atoms with van der Waals surface area (Å²) >= 11 is 0. The van der Waals surface area contributed by atoms with Crippen molar-refractivity contribution >= 4 is 11.6 Å². The number of benzene rings is 1. The predicted octanol–water partition coefficient (Wildman–Crippen LogP) is 2.67. The molecule has 1 heterocycles. The van der Waals surface area contributed by atoms with Crippen molar-refractivity contribution in [3.8, 4) is 0 Å². The second-order valence-corrected chi connectivity index (χ2v) is 4.72. The van der Waals surface area contributed by atoms with Gasteiger partial charge in [-0.05, 0) is 43.9 Å². The van der Waals surface area contributed by atoms with Gasteiger partial charge < -0.3 is 10.1 Å². The summed E-state index contributed by atoms with van der Waals surface area (Å²) in [6, 6.07) is 6.09. The Morgan fingerprint density at radius 3 is 2.94 bits per heavy atom. The van der Waals surface area contributed by atoms with Gasteiger partial charge in [0.25, 0.3) is 0 Å². The maximum Gasteiger partial charge on any atom is 0.229 e. The van der Waals surface area contributed by atoms with E-state index in [1.807, 2.05) is 26.0 Å². The second-order valence-electron chi connectivity index (χ2n) is 4.72. The Morgan fingerprint density at radius 2 is 2.24 bits per heavy atom. The first kappa shape index (κ1) is 12.1. The van der Waals surface area contributed by atoms with Crippen molar-refractivity contribution in [1.82, 2.24) is 0 Å². The average Bonchev–Trinajstić information content (AvgIpc) is 2.35. The lowest BCUT2D eigenvalue weighted by Crippen LogP contribution is -2.30. The van der Waals surface area contributed by atoms with Crippen molar-refractivity contribution in [2.75, 3.05) is 18.5 Å². The topological polar surface area (TPSA) is 38.3 Å². The molecule has 3 nitrogen and oxygen atoms in total. The van der Waals surface area contributed by atoms with E-state index in [0.717, 1.165) is 36.3 Å². The molecule has 0 bridgehead atoms. The first-order valence-electron chi connectivity index (χ1n) is 6.12. The molecule has 1 atom stereocenters. The van der Waals surface area contributed by atoms with Gasteiger partial charge in [0.15, 0.2) is 0 Å². The summed E-state index contributed by atoms with van der Waals surface area (Å²) in [6.45, 7) is 5.37. The number of amides is 1. The Labute approximate surface area is 102 Å². The number of rotatable bonds is 2. The van der Waals surface area contributed by atoms with E-state index in [-0.39, 0.29) is 11.8 Å². The second kappa shape index (κ2) is 5.32. The molecule has 1 saturated heterocycles. The Bertz CT molecular complexity index is 409. The molecule has 1 aliphatic heterocycles. The Hall–Kier alpha value is -1.35. The fraction of sp³-hybridized carbons (Fsp3) is 0.500. The lowest BCUT2D eigenvalue weighted by atomic mass is 10.0. The van der Waals surface area contributed by atoms with E-state index in [1.54, 1.807) is 0 Å². The van der Waals surface area contributed by atoms with Gasteiger partial charge in [-0.1, -0.05) is 12.1 Å². The zero-order valence-corrected chi connectivity index (χ0v) is 10.5. The summed E-state index contributed by atoms with van der Waals surface area (Å²) in [5.74, 6) is 0.0852. The highest BCUT2D eigenvalue weighted by atomic mass is 16.5. The van der Waals surface area contributed by atoms with Crippen LogP contribution in [0.25, 0.3) is 0 Å². The summed E-state index contributed by atoms with van der Waals surface area (Å²) in [4.78, 5) is 12.0. The number of hydrogen-bond donors (Lipinski definition) is 1. The van der Waals surface area contributed by atoms with Crippen LogP contribution in [-0.4, -0.2) is 19.1 Å². The van der Waals surface area contributed by atoms with Gasteiger partial charge in [0.1, 0.15) is 0 Å². The molecule has 2 rings (SSSR count). The van der Waals surface area contributed by atoms with Crippen molar-refractivity contribution in [3.05, 3.63) is 29.3 Å². The van der Waals surface area contributed by atoms with E-state index < -0.39 is 0 Å². The summed E-state index contributed by atoms with van der Waals surface area (Å²) in [5, 5.41) is 3.00. The smallest absolute Gasteiger partial charge is 0.229 e. The van der Waals surface area contributed by atoms with Gasteiger partial charge in [-0.3, -0.25) is 4.79 Å². The van der Waals surface area contributed by atoms with E-state index in [1.165, 1.54) is 0 Å². The Kier molecular flexibility index (Phi) is 3.79. The molecule has 1 fully saturated rings. The predicted molar refractivity (Wildman–Crippen MR) is 68.1 cm³/mol. The lowest BCUT2D eigenvalue weighted by molar-refractivity contribution is -0.123. The Morgan fingerprint density at radius 1 is 1.41 bits per heavy atom. The number of nitrogens with one attached hydrogen (secondary N) is 1. The molecule has 3 heteroatoms. The molecule has 0 aliphatic carbocycles. The fourth-order valence-corrected chi connectivity index (χ4v) is 2.05. The molecule has 1 aromatic carbocycles. The van der Waals surface area contributed by atoms with Crippen LogP contribution in [-0.2, 0) is 9.53 Å². The van der Waals surface area contributed by atoms with Crippen molar-refractivity contribution in [3.63, 3.8) is 0 Å². The molecular weight excluding hydrogens is 214 g/mol. The highest BCUT2D eigenvalue weighted by Crippen LogP contribution is 2.20. The quantitative estimate of drug-likeness (QED) is 0.852. The summed E-state index contributed by atoms with van der Waals surface area (Å²) in [7, 11) is 0. The third kappa shape index (κ3) is 3.07. The zero-order valence-electron chi connectivity index (χ0n) is 10.5. The molecular formula is C14H19NO2.